The molecule has 0 atom stereocenters. The fraction of sp³-hybridized carbons (Fsp3) is 0.353. The minimum Gasteiger partial charge on any atom is -0.338 e. The van der Waals surface area contributed by atoms with Crippen molar-refractivity contribution in [3.63, 3.8) is 0 Å². The average Bonchev–Trinajstić information content (AvgIpc) is 2.57. The second-order valence-electron chi connectivity index (χ2n) is 5.47. The van der Waals surface area contributed by atoms with Gasteiger partial charge >= 0.3 is 6.18 Å². The second kappa shape index (κ2) is 7.96. The van der Waals surface area contributed by atoms with Crippen molar-refractivity contribution < 1.29 is 18.0 Å². The lowest BCUT2D eigenvalue weighted by molar-refractivity contribution is -0.137. The summed E-state index contributed by atoms with van der Waals surface area (Å²) in [6.07, 6.45) is -3.05. The van der Waals surface area contributed by atoms with Gasteiger partial charge in [0.15, 0.2) is 11.6 Å². The van der Waals surface area contributed by atoms with Crippen molar-refractivity contribution in [2.24, 2.45) is 5.92 Å². The number of aromatic nitrogens is 2. The Morgan fingerprint density at radius 3 is 2.20 bits per heavy atom. The first-order chi connectivity index (χ1) is 11.8. The lowest BCUT2D eigenvalue weighted by Crippen LogP contribution is -2.22. The first-order valence-electron chi connectivity index (χ1n) is 7.93. The van der Waals surface area contributed by atoms with Gasteiger partial charge in [-0.3, -0.25) is 4.79 Å². The van der Waals surface area contributed by atoms with Crippen LogP contribution < -0.4 is 10.6 Å². The van der Waals surface area contributed by atoms with E-state index in [0.29, 0.717) is 12.8 Å². The average molecular weight is 352 g/mol. The molecule has 0 aliphatic heterocycles. The quantitative estimate of drug-likeness (QED) is 0.796. The van der Waals surface area contributed by atoms with Gasteiger partial charge in [-0.25, -0.2) is 0 Å². The zero-order valence-corrected chi connectivity index (χ0v) is 13.9. The number of carbonyl (C=O) groups excluding carboxylic acids is 1. The van der Waals surface area contributed by atoms with Crippen LogP contribution in [0.4, 0.5) is 30.5 Å². The molecule has 134 valence electrons. The summed E-state index contributed by atoms with van der Waals surface area (Å²) >= 11 is 0. The predicted octanol–water partition coefficient (Wildman–Crippen LogP) is 4.61. The third kappa shape index (κ3) is 4.91. The lowest BCUT2D eigenvalue weighted by atomic mass is 10.0. The maximum atomic E-state index is 13.0. The van der Waals surface area contributed by atoms with E-state index >= 15 is 0 Å². The maximum Gasteiger partial charge on any atom is 0.418 e. The predicted molar refractivity (Wildman–Crippen MR) is 89.5 cm³/mol. The third-order valence-corrected chi connectivity index (χ3v) is 3.77. The Morgan fingerprint density at radius 2 is 1.64 bits per heavy atom. The van der Waals surface area contributed by atoms with Crippen molar-refractivity contribution in [1.29, 1.82) is 0 Å². The number of alkyl halides is 3. The summed E-state index contributed by atoms with van der Waals surface area (Å²) in [6, 6.07) is 8.06. The molecule has 0 fully saturated rings. The Hall–Kier alpha value is -2.64. The number of para-hydroxylation sites is 1. The van der Waals surface area contributed by atoms with E-state index in [-0.39, 0.29) is 29.1 Å². The van der Waals surface area contributed by atoms with Gasteiger partial charge in [0.25, 0.3) is 0 Å². The number of nitrogens with one attached hydrogen (secondary N) is 2. The smallest absolute Gasteiger partial charge is 0.338 e. The molecular weight excluding hydrogens is 333 g/mol. The summed E-state index contributed by atoms with van der Waals surface area (Å²) in [7, 11) is 0. The van der Waals surface area contributed by atoms with E-state index in [1.54, 1.807) is 0 Å². The molecule has 0 saturated carbocycles. The molecule has 0 radical (unpaired) electrons. The van der Waals surface area contributed by atoms with E-state index in [4.69, 9.17) is 0 Å². The number of carbonyl (C=O) groups is 1. The molecule has 1 heterocycles. The summed E-state index contributed by atoms with van der Waals surface area (Å²) in [4.78, 5) is 12.0. The van der Waals surface area contributed by atoms with Crippen LogP contribution in [0.1, 0.15) is 32.3 Å². The van der Waals surface area contributed by atoms with E-state index < -0.39 is 11.7 Å². The highest BCUT2D eigenvalue weighted by Gasteiger charge is 2.33. The molecule has 0 unspecified atom stereocenters. The number of amides is 1. The van der Waals surface area contributed by atoms with E-state index in [9.17, 15) is 18.0 Å². The molecule has 0 bridgehead atoms. The van der Waals surface area contributed by atoms with E-state index in [0.717, 1.165) is 6.07 Å². The standard InChI is InChI=1S/C17H19F3N4O/c1-3-11(4-2)16(25)22-15-10-9-14(23-24-15)21-13-8-6-5-7-12(13)17(18,19)20/h5-11H,3-4H2,1-2H3,(H,21,23)(H,22,24,25). The van der Waals surface area contributed by atoms with Crippen LogP contribution in [0.2, 0.25) is 0 Å². The van der Waals surface area contributed by atoms with Gasteiger partial charge < -0.3 is 10.6 Å². The molecule has 5 nitrogen and oxygen atoms in total. The van der Waals surface area contributed by atoms with Crippen molar-refractivity contribution in [2.45, 2.75) is 32.9 Å². The Labute approximate surface area is 143 Å². The van der Waals surface area contributed by atoms with Gasteiger partial charge in [0, 0.05) is 5.92 Å². The topological polar surface area (TPSA) is 66.9 Å². The molecule has 1 amide bonds. The van der Waals surface area contributed by atoms with Crippen LogP contribution >= 0.6 is 0 Å². The fourth-order valence-corrected chi connectivity index (χ4v) is 2.33. The van der Waals surface area contributed by atoms with Crippen molar-refractivity contribution in [3.05, 3.63) is 42.0 Å². The third-order valence-electron chi connectivity index (χ3n) is 3.77. The number of hydrogen-bond acceptors (Lipinski definition) is 4. The van der Waals surface area contributed by atoms with Crippen LogP contribution in [-0.4, -0.2) is 16.1 Å². The van der Waals surface area contributed by atoms with Crippen molar-refractivity contribution in [3.8, 4) is 0 Å². The van der Waals surface area contributed by atoms with E-state index in [2.05, 4.69) is 20.8 Å². The molecule has 0 saturated heterocycles. The van der Waals surface area contributed by atoms with Gasteiger partial charge in [0.1, 0.15) is 0 Å². The van der Waals surface area contributed by atoms with E-state index in [1.165, 1.54) is 30.3 Å². The summed E-state index contributed by atoms with van der Waals surface area (Å²) in [5, 5.41) is 12.9. The van der Waals surface area contributed by atoms with Crippen LogP contribution in [0, 0.1) is 5.92 Å². The molecule has 1 aromatic heterocycles. The number of hydrogen-bond donors (Lipinski definition) is 2. The summed E-state index contributed by atoms with van der Waals surface area (Å²) in [5.41, 5.74) is -0.902. The number of nitrogens with zero attached hydrogens (tertiary/aromatic N) is 2. The van der Waals surface area contributed by atoms with Crippen LogP contribution in [-0.2, 0) is 11.0 Å². The monoisotopic (exact) mass is 352 g/mol. The minimum absolute atomic E-state index is 0.113. The molecule has 2 N–H and O–H groups in total. The molecule has 25 heavy (non-hydrogen) atoms. The summed E-state index contributed by atoms with van der Waals surface area (Å²) in [5.74, 6) is 0.143. The second-order valence-corrected chi connectivity index (χ2v) is 5.47. The molecule has 8 heteroatoms. The SMILES string of the molecule is CCC(CC)C(=O)Nc1ccc(Nc2ccccc2C(F)(F)F)nn1. The van der Waals surface area contributed by atoms with Gasteiger partial charge in [0.2, 0.25) is 5.91 Å². The highest BCUT2D eigenvalue weighted by atomic mass is 19.4. The number of rotatable bonds is 6. The van der Waals surface area contributed by atoms with Gasteiger partial charge in [-0.15, -0.1) is 10.2 Å². The Bertz CT molecular complexity index is 713. The minimum atomic E-state index is -4.47. The Morgan fingerprint density at radius 1 is 1.04 bits per heavy atom. The van der Waals surface area contributed by atoms with Gasteiger partial charge in [0.05, 0.1) is 11.3 Å². The number of anilines is 3. The lowest BCUT2D eigenvalue weighted by Gasteiger charge is -2.14. The normalized spacial score (nSPS) is 11.4. The van der Waals surface area contributed by atoms with Crippen LogP contribution in [0.3, 0.4) is 0 Å². The maximum absolute atomic E-state index is 13.0. The Kier molecular flexibility index (Phi) is 5.95. The van der Waals surface area contributed by atoms with Crippen molar-refractivity contribution in [2.75, 3.05) is 10.6 Å². The van der Waals surface area contributed by atoms with E-state index in [1.807, 2.05) is 13.8 Å². The zero-order chi connectivity index (χ0) is 18.4. The van der Waals surface area contributed by atoms with Gasteiger partial charge in [-0.05, 0) is 37.1 Å². The highest BCUT2D eigenvalue weighted by molar-refractivity contribution is 5.91. The zero-order valence-electron chi connectivity index (χ0n) is 13.9. The molecule has 2 aromatic rings. The summed E-state index contributed by atoms with van der Waals surface area (Å²) in [6.45, 7) is 3.84. The molecule has 1 aromatic carbocycles. The Balaban J connectivity index is 2.10. The molecule has 0 aliphatic rings. The molecule has 2 rings (SSSR count). The first kappa shape index (κ1) is 18.7. The number of halogens is 3. The molecular formula is C17H19F3N4O. The highest BCUT2D eigenvalue weighted by Crippen LogP contribution is 2.35. The largest absolute Gasteiger partial charge is 0.418 e. The summed E-state index contributed by atoms with van der Waals surface area (Å²) < 4.78 is 38.9. The molecule has 0 aliphatic carbocycles. The van der Waals surface area contributed by atoms with Crippen LogP contribution in [0.25, 0.3) is 0 Å². The van der Waals surface area contributed by atoms with Gasteiger partial charge in [-0.1, -0.05) is 26.0 Å². The van der Waals surface area contributed by atoms with Crippen molar-refractivity contribution >= 4 is 23.2 Å². The molecule has 0 spiro atoms. The fourth-order valence-electron chi connectivity index (χ4n) is 2.33. The van der Waals surface area contributed by atoms with Gasteiger partial charge in [-0.2, -0.15) is 13.2 Å². The van der Waals surface area contributed by atoms with Crippen molar-refractivity contribution in [1.82, 2.24) is 10.2 Å². The first-order valence-corrected chi connectivity index (χ1v) is 7.93. The van der Waals surface area contributed by atoms with Crippen LogP contribution in [0.15, 0.2) is 36.4 Å². The van der Waals surface area contributed by atoms with Crippen LogP contribution in [0.5, 0.6) is 0 Å². The number of benzene rings is 1.